The number of nitrogens with zero attached hydrogens (tertiary/aromatic N) is 6. The first-order valence-electron chi connectivity index (χ1n) is 10.6. The molecular weight excluding hydrogens is 431 g/mol. The summed E-state index contributed by atoms with van der Waals surface area (Å²) in [6.45, 7) is 3.48. The van der Waals surface area contributed by atoms with E-state index in [1.165, 1.54) is 28.9 Å². The van der Waals surface area contributed by atoms with Gasteiger partial charge in [0.05, 0.1) is 11.1 Å². The van der Waals surface area contributed by atoms with E-state index in [-0.39, 0.29) is 22.9 Å². The van der Waals surface area contributed by atoms with E-state index in [2.05, 4.69) is 20.0 Å². The fraction of sp³-hybridized carbons (Fsp3) is 0.261. The van der Waals surface area contributed by atoms with Crippen LogP contribution >= 0.6 is 0 Å². The van der Waals surface area contributed by atoms with E-state index in [1.807, 2.05) is 4.90 Å². The van der Waals surface area contributed by atoms with E-state index in [0.717, 1.165) is 24.7 Å². The Morgan fingerprint density at radius 3 is 2.39 bits per heavy atom. The van der Waals surface area contributed by atoms with Gasteiger partial charge in [-0.15, -0.1) is 0 Å². The van der Waals surface area contributed by atoms with Crippen molar-refractivity contribution in [3.8, 4) is 11.3 Å². The van der Waals surface area contributed by atoms with Crippen LogP contribution in [-0.4, -0.2) is 50.8 Å². The van der Waals surface area contributed by atoms with Crippen LogP contribution in [0.3, 0.4) is 0 Å². The van der Waals surface area contributed by atoms with Gasteiger partial charge in [-0.1, -0.05) is 18.2 Å². The van der Waals surface area contributed by atoms with Gasteiger partial charge in [0, 0.05) is 45.3 Å². The number of aryl methyl sites for hydroxylation is 1. The van der Waals surface area contributed by atoms with Crippen LogP contribution in [0.1, 0.15) is 5.56 Å². The normalized spacial score (nSPS) is 14.8. The summed E-state index contributed by atoms with van der Waals surface area (Å²) in [6, 6.07) is 10.4. The Hall–Kier alpha value is -3.66. The lowest BCUT2D eigenvalue weighted by atomic mass is 10.1. The second-order valence-electron chi connectivity index (χ2n) is 8.07. The molecule has 170 valence electrons. The Morgan fingerprint density at radius 1 is 0.939 bits per heavy atom. The molecule has 3 heterocycles. The summed E-state index contributed by atoms with van der Waals surface area (Å²) in [7, 11) is 1.66. The topological polar surface area (TPSA) is 76.1 Å². The third kappa shape index (κ3) is 3.97. The number of rotatable bonds is 4. The molecule has 2 aromatic heterocycles. The first kappa shape index (κ1) is 21.2. The van der Waals surface area contributed by atoms with Crippen molar-refractivity contribution < 1.29 is 13.2 Å². The number of piperazine rings is 1. The van der Waals surface area contributed by atoms with Crippen LogP contribution in [0, 0.1) is 17.5 Å². The molecule has 5 rings (SSSR count). The SMILES string of the molecule is Cn1nc2nc(N3CCN(Cc4ccc(F)cc4)CC3)nc(-c3cccc(F)c3F)c2c1N. The molecule has 0 amide bonds. The number of halogens is 3. The summed E-state index contributed by atoms with van der Waals surface area (Å²) in [5, 5.41) is 4.73. The van der Waals surface area contributed by atoms with Crippen LogP contribution in [0.2, 0.25) is 0 Å². The molecule has 0 radical (unpaired) electrons. The Bertz CT molecular complexity index is 1310. The number of anilines is 2. The quantitative estimate of drug-likeness (QED) is 0.511. The monoisotopic (exact) mass is 453 g/mol. The minimum absolute atomic E-state index is 0.0123. The molecule has 33 heavy (non-hydrogen) atoms. The Balaban J connectivity index is 1.44. The molecule has 4 aromatic rings. The molecule has 1 aliphatic rings. The predicted molar refractivity (Wildman–Crippen MR) is 120 cm³/mol. The van der Waals surface area contributed by atoms with Gasteiger partial charge in [0.2, 0.25) is 5.95 Å². The number of nitrogen functional groups attached to an aromatic ring is 1. The molecule has 0 aliphatic carbocycles. The fourth-order valence-electron chi connectivity index (χ4n) is 4.08. The van der Waals surface area contributed by atoms with Crippen molar-refractivity contribution in [2.24, 2.45) is 7.05 Å². The summed E-state index contributed by atoms with van der Waals surface area (Å²) in [5.74, 6) is -1.54. The maximum absolute atomic E-state index is 14.7. The summed E-state index contributed by atoms with van der Waals surface area (Å²) < 4.78 is 43.2. The van der Waals surface area contributed by atoms with Gasteiger partial charge in [-0.2, -0.15) is 10.1 Å². The van der Waals surface area contributed by atoms with Gasteiger partial charge in [0.1, 0.15) is 11.6 Å². The minimum atomic E-state index is -0.990. The molecule has 0 saturated carbocycles. The molecule has 1 saturated heterocycles. The van der Waals surface area contributed by atoms with Crippen molar-refractivity contribution in [3.63, 3.8) is 0 Å². The van der Waals surface area contributed by atoms with Crippen LogP contribution in [0.4, 0.5) is 24.9 Å². The molecule has 7 nitrogen and oxygen atoms in total. The molecule has 0 spiro atoms. The molecule has 2 N–H and O–H groups in total. The first-order valence-corrected chi connectivity index (χ1v) is 10.6. The number of fused-ring (bicyclic) bond motifs is 1. The summed E-state index contributed by atoms with van der Waals surface area (Å²) in [4.78, 5) is 13.4. The summed E-state index contributed by atoms with van der Waals surface area (Å²) in [6.07, 6.45) is 0. The van der Waals surface area contributed by atoms with Crippen molar-refractivity contribution in [1.82, 2.24) is 24.6 Å². The summed E-state index contributed by atoms with van der Waals surface area (Å²) >= 11 is 0. The molecule has 0 unspecified atom stereocenters. The number of aromatic nitrogens is 4. The van der Waals surface area contributed by atoms with E-state index in [9.17, 15) is 13.2 Å². The van der Waals surface area contributed by atoms with E-state index in [0.29, 0.717) is 36.6 Å². The number of hydrogen-bond acceptors (Lipinski definition) is 6. The first-order chi connectivity index (χ1) is 15.9. The van der Waals surface area contributed by atoms with E-state index in [4.69, 9.17) is 5.73 Å². The van der Waals surface area contributed by atoms with Crippen LogP contribution in [0.15, 0.2) is 42.5 Å². The van der Waals surface area contributed by atoms with E-state index >= 15 is 0 Å². The largest absolute Gasteiger partial charge is 0.383 e. The molecule has 2 aromatic carbocycles. The molecule has 0 bridgehead atoms. The van der Waals surface area contributed by atoms with Gasteiger partial charge < -0.3 is 10.6 Å². The average Bonchev–Trinajstić information content (AvgIpc) is 3.10. The van der Waals surface area contributed by atoms with Crippen LogP contribution in [0.5, 0.6) is 0 Å². The standard InChI is InChI=1S/C23H22F3N7/c1-31-21(27)18-20(16-3-2-4-17(25)19(16)26)28-23(29-22(18)30-31)33-11-9-32(10-12-33)13-14-5-7-15(24)8-6-14/h2-8H,9-13,27H2,1H3. The fourth-order valence-corrected chi connectivity index (χ4v) is 4.08. The van der Waals surface area contributed by atoms with E-state index < -0.39 is 11.6 Å². The number of benzene rings is 2. The molecule has 10 heteroatoms. The van der Waals surface area contributed by atoms with Gasteiger partial charge in [0.15, 0.2) is 17.3 Å². The maximum atomic E-state index is 14.7. The predicted octanol–water partition coefficient (Wildman–Crippen LogP) is 3.35. The van der Waals surface area contributed by atoms with Crippen molar-refractivity contribution >= 4 is 22.8 Å². The third-order valence-electron chi connectivity index (χ3n) is 5.91. The highest BCUT2D eigenvalue weighted by Crippen LogP contribution is 2.34. The van der Waals surface area contributed by atoms with Gasteiger partial charge in [-0.3, -0.25) is 9.58 Å². The van der Waals surface area contributed by atoms with E-state index in [1.54, 1.807) is 19.2 Å². The molecule has 0 atom stereocenters. The maximum Gasteiger partial charge on any atom is 0.228 e. The van der Waals surface area contributed by atoms with Gasteiger partial charge in [0.25, 0.3) is 0 Å². The van der Waals surface area contributed by atoms with Crippen LogP contribution in [-0.2, 0) is 13.6 Å². The molecule has 1 fully saturated rings. The zero-order chi connectivity index (χ0) is 23.1. The lowest BCUT2D eigenvalue weighted by Crippen LogP contribution is -2.46. The minimum Gasteiger partial charge on any atom is -0.383 e. The number of nitrogens with two attached hydrogens (primary N) is 1. The second-order valence-corrected chi connectivity index (χ2v) is 8.07. The van der Waals surface area contributed by atoms with Crippen LogP contribution in [0.25, 0.3) is 22.3 Å². The van der Waals surface area contributed by atoms with Crippen molar-refractivity contribution in [2.45, 2.75) is 6.54 Å². The van der Waals surface area contributed by atoms with Gasteiger partial charge >= 0.3 is 0 Å². The highest BCUT2D eigenvalue weighted by molar-refractivity contribution is 5.99. The smallest absolute Gasteiger partial charge is 0.228 e. The highest BCUT2D eigenvalue weighted by Gasteiger charge is 2.25. The highest BCUT2D eigenvalue weighted by atomic mass is 19.2. The zero-order valence-corrected chi connectivity index (χ0v) is 18.0. The summed E-state index contributed by atoms with van der Waals surface area (Å²) in [5.41, 5.74) is 7.74. The average molecular weight is 453 g/mol. The zero-order valence-electron chi connectivity index (χ0n) is 18.0. The van der Waals surface area contributed by atoms with Gasteiger partial charge in [-0.25, -0.2) is 18.2 Å². The van der Waals surface area contributed by atoms with Crippen molar-refractivity contribution in [2.75, 3.05) is 36.8 Å². The lowest BCUT2D eigenvalue weighted by molar-refractivity contribution is 0.248. The molecular formula is C23H22F3N7. The van der Waals surface area contributed by atoms with Crippen LogP contribution < -0.4 is 10.6 Å². The number of hydrogen-bond donors (Lipinski definition) is 1. The molecule has 1 aliphatic heterocycles. The van der Waals surface area contributed by atoms with Crippen molar-refractivity contribution in [1.29, 1.82) is 0 Å². The Morgan fingerprint density at radius 2 is 1.67 bits per heavy atom. The Labute approximate surface area is 188 Å². The van der Waals surface area contributed by atoms with Crippen molar-refractivity contribution in [3.05, 3.63) is 65.5 Å². The van der Waals surface area contributed by atoms with Gasteiger partial charge in [-0.05, 0) is 29.8 Å². The lowest BCUT2D eigenvalue weighted by Gasteiger charge is -2.34. The Kier molecular flexibility index (Phi) is 5.37. The second kappa shape index (κ2) is 8.36. The third-order valence-corrected chi connectivity index (χ3v) is 5.91.